The van der Waals surface area contributed by atoms with Gasteiger partial charge < -0.3 is 0 Å². The molecule has 0 N–H and O–H groups in total. The van der Waals surface area contributed by atoms with E-state index in [9.17, 15) is 4.79 Å². The molecule has 2 rings (SSSR count). The lowest BCUT2D eigenvalue weighted by atomic mass is 10.4. The van der Waals surface area contributed by atoms with Crippen molar-refractivity contribution in [2.24, 2.45) is 5.92 Å². The van der Waals surface area contributed by atoms with Crippen LogP contribution in [0.15, 0.2) is 30.3 Å². The molecule has 1 aliphatic carbocycles. The monoisotopic (exact) mass is 264 g/mol. The van der Waals surface area contributed by atoms with Crippen molar-refractivity contribution < 1.29 is 4.79 Å². The molecule has 0 aliphatic heterocycles. The normalized spacial score (nSPS) is 12.8. The zero-order chi connectivity index (χ0) is 11.7. The Labute approximate surface area is 106 Å². The first-order valence-electron chi connectivity index (χ1n) is 4.55. The van der Waals surface area contributed by atoms with Crippen molar-refractivity contribution >= 4 is 41.1 Å². The molecule has 0 amide bonds. The maximum atomic E-state index is 9.97. The summed E-state index contributed by atoms with van der Waals surface area (Å²) in [6.07, 6.45) is 3.73. The van der Waals surface area contributed by atoms with E-state index in [4.69, 9.17) is 23.2 Å². The SMILES string of the molecule is CS.Clc1ccccc1.O=C(Cl)C1CC1. The molecule has 0 spiro atoms. The first-order chi connectivity index (χ1) is 7.20. The van der Waals surface area contributed by atoms with Gasteiger partial charge in [0, 0.05) is 10.9 Å². The largest absolute Gasteiger partial charge is 0.281 e. The van der Waals surface area contributed by atoms with Gasteiger partial charge in [-0.3, -0.25) is 4.79 Å². The molecule has 1 aromatic carbocycles. The molecule has 0 aromatic heterocycles. The van der Waals surface area contributed by atoms with Crippen molar-refractivity contribution in [3.8, 4) is 0 Å². The third kappa shape index (κ3) is 8.79. The van der Waals surface area contributed by atoms with Crippen LogP contribution >= 0.6 is 35.8 Å². The predicted octanol–water partition coefficient (Wildman–Crippen LogP) is 4.05. The molecule has 4 heteroatoms. The summed E-state index contributed by atoms with van der Waals surface area (Å²) in [6, 6.07) is 9.44. The molecule has 15 heavy (non-hydrogen) atoms. The summed E-state index contributed by atoms with van der Waals surface area (Å²) >= 11 is 14.1. The van der Waals surface area contributed by atoms with E-state index in [0.717, 1.165) is 17.9 Å². The first-order valence-corrected chi connectivity index (χ1v) is 6.20. The third-order valence-electron chi connectivity index (χ3n) is 1.63. The van der Waals surface area contributed by atoms with Crippen molar-refractivity contribution in [2.45, 2.75) is 12.8 Å². The number of rotatable bonds is 1. The number of halogens is 2. The number of thiol groups is 1. The van der Waals surface area contributed by atoms with E-state index in [-0.39, 0.29) is 11.2 Å². The van der Waals surface area contributed by atoms with Crippen LogP contribution in [0.2, 0.25) is 5.02 Å². The second kappa shape index (κ2) is 9.08. The molecule has 0 atom stereocenters. The lowest BCUT2D eigenvalue weighted by molar-refractivity contribution is -0.112. The zero-order valence-electron chi connectivity index (χ0n) is 8.49. The summed E-state index contributed by atoms with van der Waals surface area (Å²) in [5.74, 6) is 0.228. The van der Waals surface area contributed by atoms with Gasteiger partial charge in [0.1, 0.15) is 0 Å². The summed E-state index contributed by atoms with van der Waals surface area (Å²) in [4.78, 5) is 9.97. The number of carbonyl (C=O) groups is 1. The molecule has 1 fully saturated rings. The quantitative estimate of drug-likeness (QED) is 0.599. The smallest absolute Gasteiger partial charge is 0.224 e. The zero-order valence-corrected chi connectivity index (χ0v) is 10.9. The van der Waals surface area contributed by atoms with E-state index in [1.54, 1.807) is 6.26 Å². The van der Waals surface area contributed by atoms with Crippen LogP contribution in [-0.2, 0) is 4.79 Å². The molecule has 1 aliphatic rings. The summed E-state index contributed by atoms with van der Waals surface area (Å²) < 4.78 is 0. The van der Waals surface area contributed by atoms with Crippen LogP contribution in [0.25, 0.3) is 0 Å². The summed E-state index contributed by atoms with van der Waals surface area (Å²) in [5, 5.41) is 0.637. The van der Waals surface area contributed by atoms with Crippen LogP contribution in [0.3, 0.4) is 0 Å². The van der Waals surface area contributed by atoms with E-state index in [1.165, 1.54) is 0 Å². The fourth-order valence-corrected chi connectivity index (χ4v) is 1.09. The maximum Gasteiger partial charge on any atom is 0.224 e. The standard InChI is InChI=1S/C6H5Cl.C4H5ClO.CH4S/c7-6-4-2-1-3-5-6;5-4(6)3-1-2-3;1-2/h1-5H;3H,1-2H2;2H,1H3. The van der Waals surface area contributed by atoms with E-state index in [2.05, 4.69) is 12.6 Å². The number of benzene rings is 1. The van der Waals surface area contributed by atoms with E-state index < -0.39 is 0 Å². The van der Waals surface area contributed by atoms with Gasteiger partial charge >= 0.3 is 0 Å². The lowest BCUT2D eigenvalue weighted by Gasteiger charge is -1.80. The highest BCUT2D eigenvalue weighted by atomic mass is 35.5. The summed E-state index contributed by atoms with van der Waals surface area (Å²) in [7, 11) is 0. The molecule has 0 bridgehead atoms. The van der Waals surface area contributed by atoms with Crippen LogP contribution in [0.4, 0.5) is 0 Å². The van der Waals surface area contributed by atoms with E-state index in [0.29, 0.717) is 0 Å². The Morgan fingerprint density at radius 2 is 1.73 bits per heavy atom. The average Bonchev–Trinajstić information content (AvgIpc) is 3.06. The predicted molar refractivity (Wildman–Crippen MR) is 69.9 cm³/mol. The number of hydrogen-bond donors (Lipinski definition) is 1. The molecular weight excluding hydrogens is 251 g/mol. The Bertz CT molecular complexity index is 273. The molecule has 1 nitrogen and oxygen atoms in total. The van der Waals surface area contributed by atoms with Crippen molar-refractivity contribution in [1.82, 2.24) is 0 Å². The molecule has 1 aromatic rings. The van der Waals surface area contributed by atoms with Crippen LogP contribution in [0, 0.1) is 5.92 Å². The molecule has 0 heterocycles. The fraction of sp³-hybridized carbons (Fsp3) is 0.364. The second-order valence-electron chi connectivity index (χ2n) is 2.87. The molecule has 1 saturated carbocycles. The Hall–Kier alpha value is -0.180. The lowest BCUT2D eigenvalue weighted by Crippen LogP contribution is -1.83. The van der Waals surface area contributed by atoms with Crippen LogP contribution in [0.1, 0.15) is 12.8 Å². The highest BCUT2D eigenvalue weighted by Gasteiger charge is 2.27. The van der Waals surface area contributed by atoms with Crippen LogP contribution < -0.4 is 0 Å². The Balaban J connectivity index is 0.000000227. The summed E-state index contributed by atoms with van der Waals surface area (Å²) in [5.41, 5.74) is 0. The van der Waals surface area contributed by atoms with Gasteiger partial charge in [-0.2, -0.15) is 12.6 Å². The van der Waals surface area contributed by atoms with Gasteiger partial charge in [0.25, 0.3) is 0 Å². The Kier molecular flexibility index (Phi) is 8.97. The minimum atomic E-state index is -0.157. The van der Waals surface area contributed by atoms with Gasteiger partial charge in [-0.05, 0) is 42.8 Å². The average molecular weight is 265 g/mol. The second-order valence-corrected chi connectivity index (χ2v) is 3.68. The van der Waals surface area contributed by atoms with Gasteiger partial charge in [0.15, 0.2) is 0 Å². The maximum absolute atomic E-state index is 9.97. The fourth-order valence-electron chi connectivity index (χ4n) is 0.725. The van der Waals surface area contributed by atoms with Crippen LogP contribution in [0.5, 0.6) is 0 Å². The van der Waals surface area contributed by atoms with Gasteiger partial charge in [0.05, 0.1) is 0 Å². The molecular formula is C11H14Cl2OS. The van der Waals surface area contributed by atoms with Crippen molar-refractivity contribution in [3.05, 3.63) is 35.4 Å². The molecule has 0 radical (unpaired) electrons. The van der Waals surface area contributed by atoms with E-state index in [1.807, 2.05) is 30.3 Å². The highest BCUT2D eigenvalue weighted by Crippen LogP contribution is 2.30. The molecule has 0 unspecified atom stereocenters. The topological polar surface area (TPSA) is 17.1 Å². The third-order valence-corrected chi connectivity index (χ3v) is 2.19. The van der Waals surface area contributed by atoms with Crippen molar-refractivity contribution in [3.63, 3.8) is 0 Å². The Morgan fingerprint density at radius 3 is 1.87 bits per heavy atom. The van der Waals surface area contributed by atoms with Crippen molar-refractivity contribution in [2.75, 3.05) is 6.26 Å². The molecule has 0 saturated heterocycles. The van der Waals surface area contributed by atoms with Crippen molar-refractivity contribution in [1.29, 1.82) is 0 Å². The minimum Gasteiger partial charge on any atom is -0.281 e. The molecule has 84 valence electrons. The minimum absolute atomic E-state index is 0.157. The van der Waals surface area contributed by atoms with Gasteiger partial charge in [-0.15, -0.1) is 0 Å². The first kappa shape index (κ1) is 14.8. The highest BCUT2D eigenvalue weighted by molar-refractivity contribution is 7.79. The van der Waals surface area contributed by atoms with E-state index >= 15 is 0 Å². The Morgan fingerprint density at radius 1 is 1.27 bits per heavy atom. The van der Waals surface area contributed by atoms with Crippen LogP contribution in [-0.4, -0.2) is 11.5 Å². The van der Waals surface area contributed by atoms with Gasteiger partial charge in [0.2, 0.25) is 5.24 Å². The number of hydrogen-bond acceptors (Lipinski definition) is 2. The van der Waals surface area contributed by atoms with Gasteiger partial charge in [-0.1, -0.05) is 29.8 Å². The number of carbonyl (C=O) groups excluding carboxylic acids is 1. The van der Waals surface area contributed by atoms with Gasteiger partial charge in [-0.25, -0.2) is 0 Å². The summed E-state index contributed by atoms with van der Waals surface area (Å²) in [6.45, 7) is 0.